The van der Waals surface area contributed by atoms with E-state index in [1.165, 1.54) is 18.1 Å². The zero-order valence-corrected chi connectivity index (χ0v) is 17.6. The molecule has 1 atom stereocenters. The zero-order valence-electron chi connectivity index (χ0n) is 16.9. The highest BCUT2D eigenvalue weighted by Gasteiger charge is 2.47. The van der Waals surface area contributed by atoms with E-state index in [0.29, 0.717) is 17.0 Å². The first-order valence-electron chi connectivity index (χ1n) is 9.54. The van der Waals surface area contributed by atoms with Crippen LogP contribution in [0.2, 0.25) is 5.02 Å². The minimum Gasteiger partial charge on any atom is -0.507 e. The van der Waals surface area contributed by atoms with Crippen molar-refractivity contribution in [1.29, 1.82) is 0 Å². The molecule has 6 nitrogen and oxygen atoms in total. The van der Waals surface area contributed by atoms with Crippen molar-refractivity contribution in [2.75, 3.05) is 12.0 Å². The van der Waals surface area contributed by atoms with Crippen molar-refractivity contribution in [3.05, 3.63) is 94.3 Å². The number of carbonyl (C=O) groups is 2. The molecular formula is C24H19ClN2O4. The number of amides is 1. The number of aliphatic hydroxyl groups is 1. The Morgan fingerprint density at radius 2 is 1.87 bits per heavy atom. The Balaban J connectivity index is 1.96. The van der Waals surface area contributed by atoms with Gasteiger partial charge in [-0.05, 0) is 48.9 Å². The predicted octanol–water partition coefficient (Wildman–Crippen LogP) is 4.68. The Kier molecular flexibility index (Phi) is 5.48. The summed E-state index contributed by atoms with van der Waals surface area (Å²) in [4.78, 5) is 31.7. The van der Waals surface area contributed by atoms with Gasteiger partial charge in [0.2, 0.25) is 0 Å². The number of halogens is 1. The molecule has 31 heavy (non-hydrogen) atoms. The molecule has 2 heterocycles. The van der Waals surface area contributed by atoms with E-state index in [9.17, 15) is 14.7 Å². The fraction of sp³-hybridized carbons (Fsp3) is 0.125. The van der Waals surface area contributed by atoms with Crippen molar-refractivity contribution in [1.82, 2.24) is 4.98 Å². The van der Waals surface area contributed by atoms with Gasteiger partial charge in [0.05, 0.1) is 23.7 Å². The number of methoxy groups -OCH3 is 1. The van der Waals surface area contributed by atoms with E-state index in [-0.39, 0.29) is 21.9 Å². The van der Waals surface area contributed by atoms with Gasteiger partial charge in [-0.2, -0.15) is 0 Å². The highest BCUT2D eigenvalue weighted by molar-refractivity contribution is 6.52. The quantitative estimate of drug-likeness (QED) is 0.366. The summed E-state index contributed by atoms with van der Waals surface area (Å²) in [7, 11) is 1.49. The highest BCUT2D eigenvalue weighted by Crippen LogP contribution is 2.43. The number of benzene rings is 2. The Bertz CT molecular complexity index is 1190. The van der Waals surface area contributed by atoms with Crippen molar-refractivity contribution in [3.63, 3.8) is 0 Å². The number of aryl methyl sites for hydroxylation is 1. The van der Waals surface area contributed by atoms with Crippen molar-refractivity contribution >= 4 is 34.7 Å². The molecule has 156 valence electrons. The first-order chi connectivity index (χ1) is 14.9. The van der Waals surface area contributed by atoms with Crippen LogP contribution in [0.1, 0.15) is 22.7 Å². The van der Waals surface area contributed by atoms with E-state index >= 15 is 0 Å². The van der Waals surface area contributed by atoms with Gasteiger partial charge in [0.15, 0.2) is 0 Å². The fourth-order valence-corrected chi connectivity index (χ4v) is 3.82. The number of hydrogen-bond acceptors (Lipinski definition) is 5. The number of ketones is 1. The van der Waals surface area contributed by atoms with Crippen molar-refractivity contribution in [2.45, 2.75) is 13.0 Å². The van der Waals surface area contributed by atoms with Gasteiger partial charge in [-0.1, -0.05) is 35.4 Å². The van der Waals surface area contributed by atoms with Crippen LogP contribution in [0, 0.1) is 6.92 Å². The van der Waals surface area contributed by atoms with E-state index in [1.807, 2.05) is 19.1 Å². The lowest BCUT2D eigenvalue weighted by atomic mass is 9.96. The third-order valence-electron chi connectivity index (χ3n) is 5.19. The first-order valence-corrected chi connectivity index (χ1v) is 9.91. The Morgan fingerprint density at radius 3 is 2.52 bits per heavy atom. The molecule has 1 saturated heterocycles. The minimum absolute atomic E-state index is 0.0614. The molecule has 1 fully saturated rings. The predicted molar refractivity (Wildman–Crippen MR) is 118 cm³/mol. The minimum atomic E-state index is -0.862. The van der Waals surface area contributed by atoms with E-state index in [2.05, 4.69) is 4.98 Å². The average Bonchev–Trinajstić information content (AvgIpc) is 3.05. The molecule has 0 aliphatic carbocycles. The highest BCUT2D eigenvalue weighted by atomic mass is 35.5. The average molecular weight is 435 g/mol. The van der Waals surface area contributed by atoms with E-state index in [1.54, 1.807) is 48.8 Å². The van der Waals surface area contributed by atoms with Gasteiger partial charge in [-0.15, -0.1) is 0 Å². The number of anilines is 1. The van der Waals surface area contributed by atoms with E-state index < -0.39 is 17.7 Å². The fourth-order valence-electron chi connectivity index (χ4n) is 3.62. The summed E-state index contributed by atoms with van der Waals surface area (Å²) in [5.41, 5.74) is 2.28. The summed E-state index contributed by atoms with van der Waals surface area (Å²) >= 11 is 6.30. The zero-order chi connectivity index (χ0) is 22.1. The number of carbonyl (C=O) groups excluding carboxylic acids is 2. The second-order valence-electron chi connectivity index (χ2n) is 7.14. The molecule has 4 rings (SSSR count). The van der Waals surface area contributed by atoms with Gasteiger partial charge in [-0.3, -0.25) is 19.5 Å². The number of ether oxygens (including phenoxy) is 1. The van der Waals surface area contributed by atoms with Gasteiger partial charge in [0, 0.05) is 23.6 Å². The van der Waals surface area contributed by atoms with Crippen LogP contribution in [0.3, 0.4) is 0 Å². The largest absolute Gasteiger partial charge is 0.507 e. The summed E-state index contributed by atoms with van der Waals surface area (Å²) in [6.45, 7) is 1.93. The Labute approximate surface area is 184 Å². The SMILES string of the molecule is COc1ccc(Cl)c(/C(O)=C2\C(=O)C(=O)N(c3ccc(C)cc3)C2c2cccnc2)c1. The molecule has 2 aromatic carbocycles. The lowest BCUT2D eigenvalue weighted by Crippen LogP contribution is -2.29. The van der Waals surface area contributed by atoms with Gasteiger partial charge < -0.3 is 9.84 Å². The number of rotatable bonds is 4. The van der Waals surface area contributed by atoms with Crippen LogP contribution in [-0.4, -0.2) is 28.9 Å². The van der Waals surface area contributed by atoms with Crippen LogP contribution in [0.15, 0.2) is 72.6 Å². The second-order valence-corrected chi connectivity index (χ2v) is 7.54. The third-order valence-corrected chi connectivity index (χ3v) is 5.51. The summed E-state index contributed by atoms with van der Waals surface area (Å²) in [5.74, 6) is -1.45. The van der Waals surface area contributed by atoms with Crippen molar-refractivity contribution < 1.29 is 19.4 Å². The molecular weight excluding hydrogens is 416 g/mol. The number of nitrogens with zero attached hydrogens (tertiary/aromatic N) is 2. The molecule has 1 aromatic heterocycles. The molecule has 1 amide bonds. The maximum Gasteiger partial charge on any atom is 0.300 e. The van der Waals surface area contributed by atoms with Gasteiger partial charge in [-0.25, -0.2) is 0 Å². The molecule has 0 radical (unpaired) electrons. The van der Waals surface area contributed by atoms with Gasteiger partial charge >= 0.3 is 0 Å². The molecule has 0 spiro atoms. The van der Waals surface area contributed by atoms with Crippen LogP contribution in [-0.2, 0) is 9.59 Å². The molecule has 1 unspecified atom stereocenters. The van der Waals surface area contributed by atoms with E-state index in [4.69, 9.17) is 16.3 Å². The molecule has 0 saturated carbocycles. The van der Waals surface area contributed by atoms with E-state index in [0.717, 1.165) is 5.56 Å². The molecule has 1 aliphatic rings. The number of pyridine rings is 1. The first kappa shape index (κ1) is 20.6. The summed E-state index contributed by atoms with van der Waals surface area (Å²) in [5, 5.41) is 11.4. The molecule has 1 aliphatic heterocycles. The summed E-state index contributed by atoms with van der Waals surface area (Å²) in [6.07, 6.45) is 3.17. The molecule has 1 N–H and O–H groups in total. The van der Waals surface area contributed by atoms with Crippen LogP contribution in [0.4, 0.5) is 5.69 Å². The monoisotopic (exact) mass is 434 g/mol. The lowest BCUT2D eigenvalue weighted by Gasteiger charge is -2.25. The molecule has 0 bridgehead atoms. The number of Topliss-reactive ketones (excluding diaryl/α,β-unsaturated/α-hetero) is 1. The molecule has 7 heteroatoms. The van der Waals surface area contributed by atoms with Crippen LogP contribution in [0.25, 0.3) is 5.76 Å². The van der Waals surface area contributed by atoms with Crippen molar-refractivity contribution in [3.8, 4) is 5.75 Å². The smallest absolute Gasteiger partial charge is 0.300 e. The lowest BCUT2D eigenvalue weighted by molar-refractivity contribution is -0.132. The Hall–Kier alpha value is -3.64. The van der Waals surface area contributed by atoms with Crippen LogP contribution < -0.4 is 9.64 Å². The summed E-state index contributed by atoms with van der Waals surface area (Å²) < 4.78 is 5.22. The number of aromatic nitrogens is 1. The number of aliphatic hydroxyl groups excluding tert-OH is 1. The topological polar surface area (TPSA) is 79.7 Å². The second kappa shape index (κ2) is 8.24. The Morgan fingerprint density at radius 1 is 1.13 bits per heavy atom. The maximum absolute atomic E-state index is 13.1. The molecule has 3 aromatic rings. The van der Waals surface area contributed by atoms with Gasteiger partial charge in [0.1, 0.15) is 11.5 Å². The third kappa shape index (κ3) is 3.66. The standard InChI is InChI=1S/C24H19ClN2O4/c1-14-5-7-16(8-6-14)27-21(15-4-3-11-26-13-15)20(23(29)24(27)30)22(28)18-12-17(31-2)9-10-19(18)25/h3-13,21,28H,1-2H3/b22-20+. The normalized spacial score (nSPS) is 17.8. The summed E-state index contributed by atoms with van der Waals surface area (Å²) in [6, 6.07) is 14.6. The van der Waals surface area contributed by atoms with Crippen LogP contribution in [0.5, 0.6) is 5.75 Å². The van der Waals surface area contributed by atoms with Gasteiger partial charge in [0.25, 0.3) is 11.7 Å². The number of hydrogen-bond donors (Lipinski definition) is 1. The van der Waals surface area contributed by atoms with Crippen molar-refractivity contribution in [2.24, 2.45) is 0 Å². The van der Waals surface area contributed by atoms with Crippen LogP contribution >= 0.6 is 11.6 Å². The maximum atomic E-state index is 13.1.